The largest absolute Gasteiger partial charge is 0.348 e. The van der Waals surface area contributed by atoms with Gasteiger partial charge in [0.05, 0.1) is 0 Å². The fourth-order valence-corrected chi connectivity index (χ4v) is 2.97. The first-order chi connectivity index (χ1) is 8.74. The van der Waals surface area contributed by atoms with Crippen LogP contribution in [0.25, 0.3) is 0 Å². The summed E-state index contributed by atoms with van der Waals surface area (Å²) in [4.78, 5) is 24.1. The monoisotopic (exact) mass is 263 g/mol. The van der Waals surface area contributed by atoms with Crippen LogP contribution in [0.1, 0.15) is 30.1 Å². The number of amides is 2. The zero-order chi connectivity index (χ0) is 12.5. The Morgan fingerprint density at radius 2 is 2.39 bits per heavy atom. The normalized spacial score (nSPS) is 26.2. The molecule has 0 bridgehead atoms. The summed E-state index contributed by atoms with van der Waals surface area (Å²) in [5, 5.41) is 8.80. The lowest BCUT2D eigenvalue weighted by atomic mass is 10.1. The Hall–Kier alpha value is -1.69. The number of hydrogen-bond acceptors (Lipinski definition) is 4. The molecular weight excluding hydrogens is 250 g/mol. The molecule has 5 nitrogen and oxygen atoms in total. The second-order valence-corrected chi connectivity index (χ2v) is 5.51. The summed E-state index contributed by atoms with van der Waals surface area (Å²) in [5.41, 5.74) is 2.76. The summed E-state index contributed by atoms with van der Waals surface area (Å²) in [6.07, 6.45) is 1.76. The van der Waals surface area contributed by atoms with E-state index in [1.165, 1.54) is 4.88 Å². The molecule has 2 aliphatic rings. The zero-order valence-corrected chi connectivity index (χ0v) is 10.5. The highest BCUT2D eigenvalue weighted by molar-refractivity contribution is 7.10. The Balaban J connectivity index is 1.56. The molecule has 0 radical (unpaired) electrons. The fourth-order valence-electron chi connectivity index (χ4n) is 2.06. The molecule has 2 N–H and O–H groups in total. The number of carbonyl (C=O) groups excluding carboxylic acids is 2. The van der Waals surface area contributed by atoms with Gasteiger partial charge in [-0.15, -0.1) is 11.3 Å². The molecular formula is C12H13N3O2S. The lowest BCUT2D eigenvalue weighted by molar-refractivity contribution is -0.121. The third kappa shape index (κ3) is 2.28. The second kappa shape index (κ2) is 4.53. The van der Waals surface area contributed by atoms with Crippen LogP contribution in [-0.2, 0) is 9.59 Å². The van der Waals surface area contributed by atoms with Gasteiger partial charge in [0.2, 0.25) is 5.91 Å². The maximum atomic E-state index is 11.9. The minimum Gasteiger partial charge on any atom is -0.348 e. The fraction of sp³-hybridized carbons (Fsp3) is 0.417. The number of carbonyl (C=O) groups is 2. The van der Waals surface area contributed by atoms with Crippen LogP contribution in [-0.4, -0.2) is 23.6 Å². The SMILES string of the molecule is O=C1CCC(C(=O)NC2CC2c2cccs2)=NN1. The van der Waals surface area contributed by atoms with Crippen molar-refractivity contribution in [3.63, 3.8) is 0 Å². The van der Waals surface area contributed by atoms with E-state index < -0.39 is 0 Å². The summed E-state index contributed by atoms with van der Waals surface area (Å²) in [5.74, 6) is 0.168. The van der Waals surface area contributed by atoms with Gasteiger partial charge in [0.1, 0.15) is 5.71 Å². The smallest absolute Gasteiger partial charge is 0.267 e. The molecule has 1 aliphatic heterocycles. The Kier molecular flexibility index (Phi) is 2.87. The Morgan fingerprint density at radius 3 is 3.06 bits per heavy atom. The lowest BCUT2D eigenvalue weighted by Gasteiger charge is -2.11. The van der Waals surface area contributed by atoms with E-state index >= 15 is 0 Å². The van der Waals surface area contributed by atoms with Gasteiger partial charge in [-0.05, 0) is 17.9 Å². The molecule has 6 heteroatoms. The van der Waals surface area contributed by atoms with Crippen molar-refractivity contribution in [1.82, 2.24) is 10.7 Å². The van der Waals surface area contributed by atoms with Gasteiger partial charge in [-0.25, -0.2) is 5.43 Å². The van der Waals surface area contributed by atoms with Crippen LogP contribution >= 0.6 is 11.3 Å². The number of rotatable bonds is 3. The predicted octanol–water partition coefficient (Wildman–Crippen LogP) is 0.986. The molecule has 2 amide bonds. The van der Waals surface area contributed by atoms with Crippen molar-refractivity contribution in [3.8, 4) is 0 Å². The van der Waals surface area contributed by atoms with Crippen molar-refractivity contribution in [2.24, 2.45) is 5.10 Å². The first-order valence-corrected chi connectivity index (χ1v) is 6.81. The van der Waals surface area contributed by atoms with Crippen molar-refractivity contribution < 1.29 is 9.59 Å². The van der Waals surface area contributed by atoms with E-state index in [4.69, 9.17) is 0 Å². The molecule has 0 saturated heterocycles. The number of hydrogen-bond donors (Lipinski definition) is 2. The van der Waals surface area contributed by atoms with Crippen molar-refractivity contribution in [1.29, 1.82) is 0 Å². The molecule has 3 rings (SSSR count). The van der Waals surface area contributed by atoms with E-state index in [0.29, 0.717) is 24.5 Å². The van der Waals surface area contributed by atoms with Crippen molar-refractivity contribution in [2.45, 2.75) is 31.2 Å². The molecule has 2 unspecified atom stereocenters. The van der Waals surface area contributed by atoms with Crippen molar-refractivity contribution >= 4 is 28.9 Å². The first-order valence-electron chi connectivity index (χ1n) is 5.93. The third-order valence-electron chi connectivity index (χ3n) is 3.18. The highest BCUT2D eigenvalue weighted by Crippen LogP contribution is 2.42. The first kappa shape index (κ1) is 11.4. The van der Waals surface area contributed by atoms with Gasteiger partial charge in [0.15, 0.2) is 0 Å². The van der Waals surface area contributed by atoms with Crippen molar-refractivity contribution in [2.75, 3.05) is 0 Å². The number of nitrogens with zero attached hydrogens (tertiary/aromatic N) is 1. The van der Waals surface area contributed by atoms with Crippen LogP contribution in [0.4, 0.5) is 0 Å². The lowest BCUT2D eigenvalue weighted by Crippen LogP contribution is -2.38. The van der Waals surface area contributed by atoms with Crippen LogP contribution in [0.3, 0.4) is 0 Å². The van der Waals surface area contributed by atoms with E-state index in [1.54, 1.807) is 11.3 Å². The maximum Gasteiger partial charge on any atom is 0.267 e. The van der Waals surface area contributed by atoms with E-state index in [1.807, 2.05) is 11.4 Å². The Morgan fingerprint density at radius 1 is 1.50 bits per heavy atom. The number of thiophene rings is 1. The van der Waals surface area contributed by atoms with E-state index in [2.05, 4.69) is 21.9 Å². The molecule has 0 spiro atoms. The van der Waals surface area contributed by atoms with Crippen LogP contribution in [0.5, 0.6) is 0 Å². The molecule has 18 heavy (non-hydrogen) atoms. The standard InChI is InChI=1S/C12H13N3O2S/c16-11-4-3-8(14-15-11)12(17)13-9-6-7(9)10-2-1-5-18-10/h1-2,5,7,9H,3-4,6H2,(H,13,17)(H,15,16). The van der Waals surface area contributed by atoms with Crippen LogP contribution < -0.4 is 10.7 Å². The van der Waals surface area contributed by atoms with E-state index in [9.17, 15) is 9.59 Å². The molecule has 2 atom stereocenters. The number of nitrogens with one attached hydrogen (secondary N) is 2. The predicted molar refractivity (Wildman–Crippen MR) is 68.4 cm³/mol. The summed E-state index contributed by atoms with van der Waals surface area (Å²) >= 11 is 1.72. The average Bonchev–Trinajstić information content (AvgIpc) is 2.92. The van der Waals surface area contributed by atoms with Gasteiger partial charge in [-0.3, -0.25) is 9.59 Å². The Labute approximate surface area is 108 Å². The molecule has 2 heterocycles. The highest BCUT2D eigenvalue weighted by atomic mass is 32.1. The van der Waals surface area contributed by atoms with Crippen LogP contribution in [0, 0.1) is 0 Å². The maximum absolute atomic E-state index is 11.9. The van der Waals surface area contributed by atoms with Crippen molar-refractivity contribution in [3.05, 3.63) is 22.4 Å². The summed E-state index contributed by atoms with van der Waals surface area (Å²) < 4.78 is 0. The minimum atomic E-state index is -0.154. The third-order valence-corrected chi connectivity index (χ3v) is 4.19. The molecule has 1 aromatic heterocycles. The van der Waals surface area contributed by atoms with Gasteiger partial charge in [-0.1, -0.05) is 6.07 Å². The molecule has 1 aromatic rings. The molecule has 1 fully saturated rings. The minimum absolute atomic E-state index is 0.130. The molecule has 94 valence electrons. The molecule has 1 aliphatic carbocycles. The molecule has 0 aromatic carbocycles. The van der Waals surface area contributed by atoms with Crippen LogP contribution in [0.15, 0.2) is 22.6 Å². The average molecular weight is 263 g/mol. The summed E-state index contributed by atoms with van der Waals surface area (Å²) in [6.45, 7) is 0. The van der Waals surface area contributed by atoms with Gasteiger partial charge in [-0.2, -0.15) is 5.10 Å². The number of hydrazone groups is 1. The quantitative estimate of drug-likeness (QED) is 0.853. The Bertz CT molecular complexity index is 509. The molecule has 1 saturated carbocycles. The van der Waals surface area contributed by atoms with E-state index in [0.717, 1.165) is 6.42 Å². The van der Waals surface area contributed by atoms with Gasteiger partial charge >= 0.3 is 0 Å². The van der Waals surface area contributed by atoms with Gasteiger partial charge in [0, 0.05) is 29.7 Å². The summed E-state index contributed by atoms with van der Waals surface area (Å²) in [6, 6.07) is 4.34. The summed E-state index contributed by atoms with van der Waals surface area (Å²) in [7, 11) is 0. The topological polar surface area (TPSA) is 70.6 Å². The van der Waals surface area contributed by atoms with E-state index in [-0.39, 0.29) is 17.9 Å². The van der Waals surface area contributed by atoms with Gasteiger partial charge < -0.3 is 5.32 Å². The highest BCUT2D eigenvalue weighted by Gasteiger charge is 2.40. The second-order valence-electron chi connectivity index (χ2n) is 4.53. The van der Waals surface area contributed by atoms with Gasteiger partial charge in [0.25, 0.3) is 5.91 Å². The zero-order valence-electron chi connectivity index (χ0n) is 9.68. The van der Waals surface area contributed by atoms with Crippen LogP contribution in [0.2, 0.25) is 0 Å².